The number of hydrogen-bond acceptors (Lipinski definition) is 6. The maximum absolute atomic E-state index is 11.0. The van der Waals surface area contributed by atoms with Crippen LogP contribution in [-0.4, -0.2) is 53.9 Å². The fourth-order valence-corrected chi connectivity index (χ4v) is 1.46. The van der Waals surface area contributed by atoms with Crippen molar-refractivity contribution in [1.29, 1.82) is 0 Å². The van der Waals surface area contributed by atoms with Crippen LogP contribution in [0, 0.1) is 0 Å². The highest BCUT2D eigenvalue weighted by Crippen LogP contribution is 2.16. The number of aromatic nitrogens is 2. The van der Waals surface area contributed by atoms with Crippen LogP contribution in [0.2, 0.25) is 0 Å². The van der Waals surface area contributed by atoms with Crippen LogP contribution < -0.4 is 10.2 Å². The molecule has 0 atom stereocenters. The molecule has 0 radical (unpaired) electrons. The van der Waals surface area contributed by atoms with Crippen molar-refractivity contribution in [1.82, 2.24) is 9.97 Å². The molecule has 1 fully saturated rings. The maximum Gasteiger partial charge on any atom is 0.354 e. The van der Waals surface area contributed by atoms with E-state index in [2.05, 4.69) is 15.3 Å². The van der Waals surface area contributed by atoms with Crippen LogP contribution in [0.4, 0.5) is 11.8 Å². The van der Waals surface area contributed by atoms with E-state index in [0.717, 1.165) is 0 Å². The molecule has 1 aromatic rings. The second-order valence-electron chi connectivity index (χ2n) is 4.14. The molecule has 2 heterocycles. The van der Waals surface area contributed by atoms with Crippen LogP contribution in [0.5, 0.6) is 0 Å². The molecule has 0 bridgehead atoms. The average Bonchev–Trinajstić information content (AvgIpc) is 2.32. The quantitative estimate of drug-likeness (QED) is 0.786. The highest BCUT2D eigenvalue weighted by atomic mass is 16.5. The van der Waals surface area contributed by atoms with Crippen molar-refractivity contribution in [2.75, 3.05) is 37.0 Å². The third-order valence-electron chi connectivity index (χ3n) is 2.74. The van der Waals surface area contributed by atoms with Crippen molar-refractivity contribution in [3.63, 3.8) is 0 Å². The Morgan fingerprint density at radius 1 is 1.61 bits per heavy atom. The van der Waals surface area contributed by atoms with E-state index < -0.39 is 5.97 Å². The Balaban J connectivity index is 2.26. The zero-order valence-electron chi connectivity index (χ0n) is 10.4. The van der Waals surface area contributed by atoms with E-state index in [1.54, 1.807) is 4.90 Å². The number of anilines is 2. The number of aromatic carboxylic acids is 1. The van der Waals surface area contributed by atoms with Gasteiger partial charge in [0.1, 0.15) is 5.82 Å². The van der Waals surface area contributed by atoms with Gasteiger partial charge in [-0.05, 0) is 6.92 Å². The lowest BCUT2D eigenvalue weighted by molar-refractivity contribution is 0.0209. The van der Waals surface area contributed by atoms with E-state index in [0.29, 0.717) is 31.5 Å². The number of hydrogen-bond donors (Lipinski definition) is 2. The van der Waals surface area contributed by atoms with E-state index in [1.807, 2.05) is 14.0 Å². The minimum Gasteiger partial charge on any atom is -0.477 e. The van der Waals surface area contributed by atoms with Crippen LogP contribution in [0.3, 0.4) is 0 Å². The number of ether oxygens (including phenoxy) is 1. The number of rotatable bonds is 5. The highest BCUT2D eigenvalue weighted by Gasteiger charge is 2.20. The van der Waals surface area contributed by atoms with E-state index in [-0.39, 0.29) is 11.7 Å². The Morgan fingerprint density at radius 3 is 2.83 bits per heavy atom. The van der Waals surface area contributed by atoms with Gasteiger partial charge in [0.15, 0.2) is 5.69 Å². The van der Waals surface area contributed by atoms with Crippen LogP contribution >= 0.6 is 0 Å². The van der Waals surface area contributed by atoms with Crippen LogP contribution in [0.25, 0.3) is 0 Å². The summed E-state index contributed by atoms with van der Waals surface area (Å²) < 4.78 is 5.05. The zero-order valence-corrected chi connectivity index (χ0v) is 10.4. The van der Waals surface area contributed by atoms with Gasteiger partial charge >= 0.3 is 5.97 Å². The Morgan fingerprint density at radius 2 is 2.33 bits per heavy atom. The van der Waals surface area contributed by atoms with Gasteiger partial charge in [-0.3, -0.25) is 0 Å². The standard InChI is InChI=1S/C11H16N4O3/c1-3-15(2)11-13-8(10(16)17)4-9(14-11)12-7-5-18-6-7/h4,7H,3,5-6H2,1-2H3,(H,16,17)(H,12,13,14). The van der Waals surface area contributed by atoms with Gasteiger partial charge in [-0.2, -0.15) is 4.98 Å². The maximum atomic E-state index is 11.0. The summed E-state index contributed by atoms with van der Waals surface area (Å²) in [5.74, 6) is -0.137. The van der Waals surface area contributed by atoms with Crippen molar-refractivity contribution in [3.05, 3.63) is 11.8 Å². The third-order valence-corrected chi connectivity index (χ3v) is 2.74. The lowest BCUT2D eigenvalue weighted by Crippen LogP contribution is -2.40. The van der Waals surface area contributed by atoms with Crippen molar-refractivity contribution in [2.45, 2.75) is 13.0 Å². The van der Waals surface area contributed by atoms with Gasteiger partial charge in [0.2, 0.25) is 5.95 Å². The molecule has 2 rings (SSSR count). The summed E-state index contributed by atoms with van der Waals surface area (Å²) in [7, 11) is 1.82. The number of nitrogens with zero attached hydrogens (tertiary/aromatic N) is 3. The lowest BCUT2D eigenvalue weighted by atomic mass is 10.2. The van der Waals surface area contributed by atoms with E-state index in [1.165, 1.54) is 6.07 Å². The summed E-state index contributed by atoms with van der Waals surface area (Å²) >= 11 is 0. The molecule has 0 amide bonds. The molecule has 1 aliphatic rings. The summed E-state index contributed by atoms with van der Waals surface area (Å²) in [5, 5.41) is 12.2. The summed E-state index contributed by atoms with van der Waals surface area (Å²) in [6.07, 6.45) is 0. The van der Waals surface area contributed by atoms with Crippen molar-refractivity contribution < 1.29 is 14.6 Å². The van der Waals surface area contributed by atoms with Gasteiger partial charge in [0.25, 0.3) is 0 Å². The summed E-state index contributed by atoms with van der Waals surface area (Å²) in [4.78, 5) is 21.1. The second kappa shape index (κ2) is 5.18. The molecule has 0 spiro atoms. The molecule has 0 aromatic carbocycles. The Kier molecular flexibility index (Phi) is 3.61. The number of carbonyl (C=O) groups is 1. The van der Waals surface area contributed by atoms with Gasteiger partial charge in [0, 0.05) is 19.7 Å². The largest absolute Gasteiger partial charge is 0.477 e. The molecule has 1 saturated heterocycles. The second-order valence-corrected chi connectivity index (χ2v) is 4.14. The molecule has 0 saturated carbocycles. The fraction of sp³-hybridized carbons (Fsp3) is 0.545. The number of carboxylic acids is 1. The molecule has 0 aliphatic carbocycles. The monoisotopic (exact) mass is 252 g/mol. The van der Waals surface area contributed by atoms with Crippen LogP contribution in [0.15, 0.2) is 6.07 Å². The van der Waals surface area contributed by atoms with Gasteiger partial charge in [-0.25, -0.2) is 9.78 Å². The minimum absolute atomic E-state index is 0.0111. The molecule has 7 heteroatoms. The predicted octanol–water partition coefficient (Wildman–Crippen LogP) is 0.442. The van der Waals surface area contributed by atoms with Gasteiger partial charge < -0.3 is 20.1 Å². The van der Waals surface area contributed by atoms with Gasteiger partial charge in [0.05, 0.1) is 19.3 Å². The van der Waals surface area contributed by atoms with E-state index >= 15 is 0 Å². The highest BCUT2D eigenvalue weighted by molar-refractivity contribution is 5.86. The molecule has 7 nitrogen and oxygen atoms in total. The first-order valence-electron chi connectivity index (χ1n) is 5.78. The van der Waals surface area contributed by atoms with Crippen molar-refractivity contribution in [3.8, 4) is 0 Å². The Hall–Kier alpha value is -1.89. The van der Waals surface area contributed by atoms with Crippen LogP contribution in [0.1, 0.15) is 17.4 Å². The molecule has 18 heavy (non-hydrogen) atoms. The average molecular weight is 252 g/mol. The fourth-order valence-electron chi connectivity index (χ4n) is 1.46. The molecule has 0 unspecified atom stereocenters. The molecular weight excluding hydrogens is 236 g/mol. The molecular formula is C11H16N4O3. The molecule has 1 aromatic heterocycles. The van der Waals surface area contributed by atoms with Gasteiger partial charge in [-0.1, -0.05) is 0 Å². The zero-order chi connectivity index (χ0) is 13.1. The normalized spacial score (nSPS) is 15.0. The lowest BCUT2D eigenvalue weighted by Gasteiger charge is -2.27. The van der Waals surface area contributed by atoms with Crippen LogP contribution in [-0.2, 0) is 4.74 Å². The number of carboxylic acid groups (broad SMARTS) is 1. The predicted molar refractivity (Wildman–Crippen MR) is 66.2 cm³/mol. The minimum atomic E-state index is -1.06. The van der Waals surface area contributed by atoms with Crippen molar-refractivity contribution in [2.24, 2.45) is 0 Å². The first-order valence-corrected chi connectivity index (χ1v) is 5.78. The summed E-state index contributed by atoms with van der Waals surface area (Å²) in [6, 6.07) is 1.63. The van der Waals surface area contributed by atoms with Gasteiger partial charge in [-0.15, -0.1) is 0 Å². The van der Waals surface area contributed by atoms with E-state index in [4.69, 9.17) is 9.84 Å². The molecule has 2 N–H and O–H groups in total. The smallest absolute Gasteiger partial charge is 0.354 e. The molecule has 98 valence electrons. The van der Waals surface area contributed by atoms with E-state index in [9.17, 15) is 4.79 Å². The molecule has 1 aliphatic heterocycles. The number of nitrogens with one attached hydrogen (secondary N) is 1. The Labute approximate surface area is 105 Å². The first kappa shape index (κ1) is 12.6. The first-order chi connectivity index (χ1) is 8.60. The SMILES string of the molecule is CCN(C)c1nc(NC2COC2)cc(C(=O)O)n1. The summed E-state index contributed by atoms with van der Waals surface area (Å²) in [5.41, 5.74) is -0.0111. The van der Waals surface area contributed by atoms with Crippen molar-refractivity contribution >= 4 is 17.7 Å². The topological polar surface area (TPSA) is 87.6 Å². The summed E-state index contributed by atoms with van der Waals surface area (Å²) in [6.45, 7) is 3.88. The Bertz CT molecular complexity index is 448. The third kappa shape index (κ3) is 2.67.